The largest absolute Gasteiger partial charge is 0.443 e. The van der Waals surface area contributed by atoms with Gasteiger partial charge in [0.2, 0.25) is 0 Å². The van der Waals surface area contributed by atoms with Crippen molar-refractivity contribution in [3.05, 3.63) is 24.3 Å². The molecule has 1 amide bonds. The lowest BCUT2D eigenvalue weighted by Gasteiger charge is -2.23. The number of benzene rings is 1. The Bertz CT molecular complexity index is 681. The second kappa shape index (κ2) is 7.11. The Balaban J connectivity index is 1.58. The number of sulfone groups is 1. The van der Waals surface area contributed by atoms with E-state index in [9.17, 15) is 13.2 Å². The SMILES string of the molecule is CS(=O)(=O)c1ccc(N2CC(CNC3CCCCC3)OC2=O)cc1. The molecule has 1 saturated carbocycles. The number of ether oxygens (including phenoxy) is 1. The summed E-state index contributed by atoms with van der Waals surface area (Å²) >= 11 is 0. The van der Waals surface area contributed by atoms with Crippen LogP contribution in [0.5, 0.6) is 0 Å². The molecule has 1 aliphatic carbocycles. The zero-order valence-electron chi connectivity index (χ0n) is 13.9. The Morgan fingerprint density at radius 3 is 2.46 bits per heavy atom. The minimum Gasteiger partial charge on any atom is -0.443 e. The van der Waals surface area contributed by atoms with Crippen molar-refractivity contribution in [1.82, 2.24) is 5.32 Å². The molecular weight excluding hydrogens is 328 g/mol. The Morgan fingerprint density at radius 2 is 1.83 bits per heavy atom. The van der Waals surface area contributed by atoms with Crippen LogP contribution in [-0.2, 0) is 14.6 Å². The molecule has 1 saturated heterocycles. The summed E-state index contributed by atoms with van der Waals surface area (Å²) < 4.78 is 28.4. The summed E-state index contributed by atoms with van der Waals surface area (Å²) in [6.07, 6.45) is 6.84. The van der Waals surface area contributed by atoms with E-state index >= 15 is 0 Å². The number of amides is 1. The van der Waals surface area contributed by atoms with E-state index in [0.717, 1.165) is 0 Å². The van der Waals surface area contributed by atoms with Crippen molar-refractivity contribution in [2.75, 3.05) is 24.2 Å². The molecule has 2 aliphatic rings. The van der Waals surface area contributed by atoms with Crippen LogP contribution in [0.25, 0.3) is 0 Å². The van der Waals surface area contributed by atoms with Crippen molar-refractivity contribution in [3.8, 4) is 0 Å². The van der Waals surface area contributed by atoms with Gasteiger partial charge in [0.1, 0.15) is 6.10 Å². The number of carbonyl (C=O) groups is 1. The minimum atomic E-state index is -3.23. The van der Waals surface area contributed by atoms with Crippen molar-refractivity contribution in [2.45, 2.75) is 49.1 Å². The summed E-state index contributed by atoms with van der Waals surface area (Å²) in [6.45, 7) is 1.14. The lowest BCUT2D eigenvalue weighted by atomic mass is 9.95. The highest BCUT2D eigenvalue weighted by molar-refractivity contribution is 7.90. The zero-order chi connectivity index (χ0) is 17.2. The van der Waals surface area contributed by atoms with Crippen molar-refractivity contribution in [1.29, 1.82) is 0 Å². The molecule has 0 aromatic heterocycles. The normalized spacial score (nSPS) is 22.6. The van der Waals surface area contributed by atoms with Gasteiger partial charge < -0.3 is 10.1 Å². The van der Waals surface area contributed by atoms with Crippen LogP contribution in [0.3, 0.4) is 0 Å². The first-order chi connectivity index (χ1) is 11.4. The van der Waals surface area contributed by atoms with Crippen LogP contribution in [0.2, 0.25) is 0 Å². The molecule has 1 N–H and O–H groups in total. The van der Waals surface area contributed by atoms with Gasteiger partial charge >= 0.3 is 6.09 Å². The molecule has 2 fully saturated rings. The molecule has 1 atom stereocenters. The number of carbonyl (C=O) groups excluding carboxylic acids is 1. The smallest absolute Gasteiger partial charge is 0.414 e. The Kier molecular flexibility index (Phi) is 5.10. The fraction of sp³-hybridized carbons (Fsp3) is 0.588. The topological polar surface area (TPSA) is 75.7 Å². The number of anilines is 1. The van der Waals surface area contributed by atoms with Crippen LogP contribution < -0.4 is 10.2 Å². The molecule has 0 radical (unpaired) electrons. The maximum absolute atomic E-state index is 12.1. The quantitative estimate of drug-likeness (QED) is 0.880. The van der Waals surface area contributed by atoms with E-state index in [4.69, 9.17) is 4.74 Å². The summed E-state index contributed by atoms with van der Waals surface area (Å²) in [6, 6.07) is 6.86. The number of cyclic esters (lactones) is 1. The van der Waals surface area contributed by atoms with Crippen LogP contribution in [0, 0.1) is 0 Å². The highest BCUT2D eigenvalue weighted by atomic mass is 32.2. The molecule has 1 aromatic rings. The molecule has 24 heavy (non-hydrogen) atoms. The Morgan fingerprint density at radius 1 is 1.17 bits per heavy atom. The molecule has 1 aromatic carbocycles. The van der Waals surface area contributed by atoms with Crippen LogP contribution in [0.4, 0.5) is 10.5 Å². The van der Waals surface area contributed by atoms with E-state index in [1.54, 1.807) is 17.0 Å². The van der Waals surface area contributed by atoms with Gasteiger partial charge in [-0.15, -0.1) is 0 Å². The Hall–Kier alpha value is -1.60. The number of rotatable bonds is 5. The van der Waals surface area contributed by atoms with Gasteiger partial charge in [-0.2, -0.15) is 0 Å². The third kappa shape index (κ3) is 4.08. The van der Waals surface area contributed by atoms with E-state index in [2.05, 4.69) is 5.32 Å². The van der Waals surface area contributed by atoms with Gasteiger partial charge in [-0.25, -0.2) is 13.2 Å². The molecule has 132 valence electrons. The van der Waals surface area contributed by atoms with E-state index in [0.29, 0.717) is 24.8 Å². The van der Waals surface area contributed by atoms with E-state index in [1.165, 1.54) is 50.5 Å². The first kappa shape index (κ1) is 17.2. The fourth-order valence-corrected chi connectivity index (χ4v) is 3.95. The summed E-state index contributed by atoms with van der Waals surface area (Å²) in [5.74, 6) is 0. The molecule has 1 heterocycles. The van der Waals surface area contributed by atoms with Gasteiger partial charge in [0.05, 0.1) is 11.4 Å². The molecular formula is C17H24N2O4S. The number of nitrogens with one attached hydrogen (secondary N) is 1. The van der Waals surface area contributed by atoms with Crippen molar-refractivity contribution in [3.63, 3.8) is 0 Å². The van der Waals surface area contributed by atoms with Crippen LogP contribution in [-0.4, -0.2) is 46.0 Å². The second-order valence-electron chi connectivity index (χ2n) is 6.63. The van der Waals surface area contributed by atoms with Gasteiger partial charge in [-0.05, 0) is 37.1 Å². The Labute approximate surface area is 143 Å². The average Bonchev–Trinajstić information content (AvgIpc) is 2.94. The number of hydrogen-bond acceptors (Lipinski definition) is 5. The highest BCUT2D eigenvalue weighted by Crippen LogP contribution is 2.24. The van der Waals surface area contributed by atoms with Crippen LogP contribution in [0.15, 0.2) is 29.2 Å². The fourth-order valence-electron chi connectivity index (χ4n) is 3.32. The maximum Gasteiger partial charge on any atom is 0.414 e. The number of nitrogens with zero attached hydrogens (tertiary/aromatic N) is 1. The molecule has 7 heteroatoms. The minimum absolute atomic E-state index is 0.172. The summed E-state index contributed by atoms with van der Waals surface area (Å²) in [5, 5.41) is 3.50. The van der Waals surface area contributed by atoms with E-state index < -0.39 is 9.84 Å². The summed E-state index contributed by atoms with van der Waals surface area (Å²) in [5.41, 5.74) is 0.660. The average molecular weight is 352 g/mol. The molecule has 3 rings (SSSR count). The molecule has 1 aliphatic heterocycles. The molecule has 1 unspecified atom stereocenters. The van der Waals surface area contributed by atoms with E-state index in [1.807, 2.05) is 0 Å². The highest BCUT2D eigenvalue weighted by Gasteiger charge is 2.32. The predicted octanol–water partition coefficient (Wildman–Crippen LogP) is 2.34. The van der Waals surface area contributed by atoms with Crippen molar-refractivity contribution < 1.29 is 17.9 Å². The number of hydrogen-bond donors (Lipinski definition) is 1. The van der Waals surface area contributed by atoms with Gasteiger partial charge in [0.25, 0.3) is 0 Å². The van der Waals surface area contributed by atoms with Gasteiger partial charge in [-0.3, -0.25) is 4.90 Å². The maximum atomic E-state index is 12.1. The second-order valence-corrected chi connectivity index (χ2v) is 8.64. The lowest BCUT2D eigenvalue weighted by molar-refractivity contribution is 0.137. The van der Waals surface area contributed by atoms with Gasteiger partial charge in [0.15, 0.2) is 9.84 Å². The van der Waals surface area contributed by atoms with Crippen molar-refractivity contribution in [2.24, 2.45) is 0 Å². The van der Waals surface area contributed by atoms with Gasteiger partial charge in [0, 0.05) is 24.5 Å². The standard InChI is InChI=1S/C17H24N2O4S/c1-24(21,22)16-9-7-14(8-10-16)19-12-15(23-17(19)20)11-18-13-5-3-2-4-6-13/h7-10,13,15,18H,2-6,11-12H2,1H3. The van der Waals surface area contributed by atoms with Crippen LogP contribution >= 0.6 is 0 Å². The molecule has 0 bridgehead atoms. The van der Waals surface area contributed by atoms with Crippen molar-refractivity contribution >= 4 is 21.6 Å². The monoisotopic (exact) mass is 352 g/mol. The first-order valence-corrected chi connectivity index (χ1v) is 10.3. The first-order valence-electron chi connectivity index (χ1n) is 8.45. The predicted molar refractivity (Wildman–Crippen MR) is 92.0 cm³/mol. The third-order valence-corrected chi connectivity index (χ3v) is 5.82. The summed E-state index contributed by atoms with van der Waals surface area (Å²) in [7, 11) is -3.23. The third-order valence-electron chi connectivity index (χ3n) is 4.69. The lowest BCUT2D eigenvalue weighted by Crippen LogP contribution is -2.38. The van der Waals surface area contributed by atoms with Gasteiger partial charge in [-0.1, -0.05) is 19.3 Å². The van der Waals surface area contributed by atoms with E-state index in [-0.39, 0.29) is 17.1 Å². The molecule has 6 nitrogen and oxygen atoms in total. The molecule has 0 spiro atoms. The summed E-state index contributed by atoms with van der Waals surface area (Å²) in [4.78, 5) is 13.9. The van der Waals surface area contributed by atoms with Crippen LogP contribution in [0.1, 0.15) is 32.1 Å². The zero-order valence-corrected chi connectivity index (χ0v) is 14.7.